The Morgan fingerprint density at radius 2 is 1.56 bits per heavy atom. The topological polar surface area (TPSA) is 27.7 Å². The van der Waals surface area contributed by atoms with E-state index in [-0.39, 0.29) is 18.0 Å². The van der Waals surface area contributed by atoms with Crippen molar-refractivity contribution in [3.63, 3.8) is 0 Å². The maximum absolute atomic E-state index is 13.4. The van der Waals surface area contributed by atoms with Crippen LogP contribution < -0.4 is 9.47 Å². The zero-order valence-electron chi connectivity index (χ0n) is 14.6. The fourth-order valence-corrected chi connectivity index (χ4v) is 4.22. The molecular formula is C21H23FO3. The van der Waals surface area contributed by atoms with E-state index in [1.165, 1.54) is 30.5 Å². The highest BCUT2D eigenvalue weighted by molar-refractivity contribution is 5.52. The first kappa shape index (κ1) is 16.4. The molecular weight excluding hydrogens is 319 g/mol. The maximum atomic E-state index is 13.4. The Labute approximate surface area is 147 Å². The molecule has 0 spiro atoms. The molecule has 2 aromatic carbocycles. The molecule has 0 bridgehead atoms. The van der Waals surface area contributed by atoms with Gasteiger partial charge < -0.3 is 14.2 Å². The number of hydrogen-bond acceptors (Lipinski definition) is 3. The van der Waals surface area contributed by atoms with Gasteiger partial charge in [0.2, 0.25) is 0 Å². The number of methoxy groups -OCH3 is 2. The highest BCUT2D eigenvalue weighted by Gasteiger charge is 2.38. The molecule has 0 amide bonds. The molecule has 0 radical (unpaired) electrons. The van der Waals surface area contributed by atoms with E-state index in [0.717, 1.165) is 29.7 Å². The fourth-order valence-electron chi connectivity index (χ4n) is 4.22. The van der Waals surface area contributed by atoms with Gasteiger partial charge in [-0.15, -0.1) is 0 Å². The summed E-state index contributed by atoms with van der Waals surface area (Å²) in [5.41, 5.74) is 3.36. The number of benzene rings is 2. The van der Waals surface area contributed by atoms with Crippen LogP contribution in [0.1, 0.15) is 54.4 Å². The van der Waals surface area contributed by atoms with Gasteiger partial charge in [0.05, 0.1) is 20.3 Å². The molecule has 2 aliphatic rings. The van der Waals surface area contributed by atoms with Crippen LogP contribution in [0.3, 0.4) is 0 Å². The van der Waals surface area contributed by atoms with Gasteiger partial charge >= 0.3 is 0 Å². The lowest BCUT2D eigenvalue weighted by Gasteiger charge is -2.41. The second-order valence-electron chi connectivity index (χ2n) is 6.83. The van der Waals surface area contributed by atoms with Gasteiger partial charge in [0.1, 0.15) is 11.9 Å². The van der Waals surface area contributed by atoms with Crippen LogP contribution in [-0.2, 0) is 4.74 Å². The largest absolute Gasteiger partial charge is 0.493 e. The number of ether oxygens (including phenoxy) is 3. The SMILES string of the molecule is COc1cc2c(cc1OC)[C@@H]1CCCC[C@H]1O[C@H]2c1ccc(F)cc1. The average Bonchev–Trinajstić information content (AvgIpc) is 2.67. The minimum absolute atomic E-state index is 0.199. The number of halogens is 1. The van der Waals surface area contributed by atoms with E-state index in [0.29, 0.717) is 11.7 Å². The summed E-state index contributed by atoms with van der Waals surface area (Å²) >= 11 is 0. The molecule has 1 aliphatic carbocycles. The van der Waals surface area contributed by atoms with Crippen LogP contribution in [0.15, 0.2) is 36.4 Å². The first-order chi connectivity index (χ1) is 12.2. The minimum atomic E-state index is -0.234. The van der Waals surface area contributed by atoms with E-state index in [4.69, 9.17) is 14.2 Å². The van der Waals surface area contributed by atoms with Crippen LogP contribution in [0, 0.1) is 5.82 Å². The summed E-state index contributed by atoms with van der Waals surface area (Å²) in [4.78, 5) is 0. The Balaban J connectivity index is 1.85. The maximum Gasteiger partial charge on any atom is 0.161 e. The van der Waals surface area contributed by atoms with Crippen molar-refractivity contribution >= 4 is 0 Å². The zero-order valence-corrected chi connectivity index (χ0v) is 14.6. The third-order valence-corrected chi connectivity index (χ3v) is 5.46. The predicted octanol–water partition coefficient (Wildman–Crippen LogP) is 4.99. The predicted molar refractivity (Wildman–Crippen MR) is 93.9 cm³/mol. The van der Waals surface area contributed by atoms with Crippen molar-refractivity contribution in [1.82, 2.24) is 0 Å². The van der Waals surface area contributed by atoms with Crippen LogP contribution in [0.5, 0.6) is 11.5 Å². The summed E-state index contributed by atoms with van der Waals surface area (Å²) < 4.78 is 30.9. The quantitative estimate of drug-likeness (QED) is 0.786. The van der Waals surface area contributed by atoms with Crippen molar-refractivity contribution in [2.24, 2.45) is 0 Å². The van der Waals surface area contributed by atoms with Crippen LogP contribution >= 0.6 is 0 Å². The lowest BCUT2D eigenvalue weighted by atomic mass is 9.76. The standard InChI is InChI=1S/C21H23FO3/c1-23-19-11-16-15-5-3-4-6-18(15)25-21(17(16)12-20(19)24-2)13-7-9-14(22)10-8-13/h7-12,15,18,21H,3-6H2,1-2H3/t15-,18+,21-/m0/s1. The van der Waals surface area contributed by atoms with Gasteiger partial charge in [0.15, 0.2) is 11.5 Å². The zero-order chi connectivity index (χ0) is 17.4. The Hall–Kier alpha value is -2.07. The second-order valence-corrected chi connectivity index (χ2v) is 6.83. The molecule has 4 heteroatoms. The van der Waals surface area contributed by atoms with Gasteiger partial charge in [0.25, 0.3) is 0 Å². The van der Waals surface area contributed by atoms with Gasteiger partial charge in [0, 0.05) is 5.92 Å². The van der Waals surface area contributed by atoms with Crippen LogP contribution in [-0.4, -0.2) is 20.3 Å². The molecule has 1 saturated carbocycles. The summed E-state index contributed by atoms with van der Waals surface area (Å²) in [6.07, 6.45) is 4.61. The molecule has 3 nitrogen and oxygen atoms in total. The third kappa shape index (κ3) is 2.89. The summed E-state index contributed by atoms with van der Waals surface area (Å²) in [7, 11) is 3.31. The van der Waals surface area contributed by atoms with Crippen molar-refractivity contribution in [3.05, 3.63) is 58.9 Å². The monoisotopic (exact) mass is 342 g/mol. The van der Waals surface area contributed by atoms with E-state index in [1.54, 1.807) is 14.2 Å². The van der Waals surface area contributed by atoms with Gasteiger partial charge in [-0.25, -0.2) is 4.39 Å². The van der Waals surface area contributed by atoms with E-state index in [1.807, 2.05) is 18.2 Å². The molecule has 0 N–H and O–H groups in total. The number of fused-ring (bicyclic) bond motifs is 3. The molecule has 2 aromatic rings. The highest BCUT2D eigenvalue weighted by Crippen LogP contribution is 2.49. The Bertz CT molecular complexity index is 756. The summed E-state index contributed by atoms with van der Waals surface area (Å²) in [5, 5.41) is 0. The van der Waals surface area contributed by atoms with E-state index in [2.05, 4.69) is 6.07 Å². The van der Waals surface area contributed by atoms with Gasteiger partial charge in [-0.2, -0.15) is 0 Å². The number of rotatable bonds is 3. The highest BCUT2D eigenvalue weighted by atomic mass is 19.1. The lowest BCUT2D eigenvalue weighted by Crippen LogP contribution is -2.33. The first-order valence-electron chi connectivity index (χ1n) is 8.88. The molecule has 25 heavy (non-hydrogen) atoms. The molecule has 4 rings (SSSR count). The van der Waals surface area contributed by atoms with Crippen molar-refractivity contribution in [3.8, 4) is 11.5 Å². The normalized spacial score (nSPS) is 25.0. The van der Waals surface area contributed by atoms with E-state index >= 15 is 0 Å². The molecule has 0 unspecified atom stereocenters. The van der Waals surface area contributed by atoms with E-state index in [9.17, 15) is 4.39 Å². The molecule has 132 valence electrons. The Morgan fingerprint density at radius 3 is 2.24 bits per heavy atom. The van der Waals surface area contributed by atoms with Crippen LogP contribution in [0.4, 0.5) is 4.39 Å². The molecule has 1 aliphatic heterocycles. The lowest BCUT2D eigenvalue weighted by molar-refractivity contribution is -0.0391. The Kier molecular flexibility index (Phi) is 4.38. The summed E-state index contributed by atoms with van der Waals surface area (Å²) in [5.74, 6) is 1.61. The van der Waals surface area contributed by atoms with Gasteiger partial charge in [-0.05, 0) is 53.8 Å². The van der Waals surface area contributed by atoms with Crippen molar-refractivity contribution in [2.45, 2.75) is 43.8 Å². The van der Waals surface area contributed by atoms with Crippen molar-refractivity contribution < 1.29 is 18.6 Å². The van der Waals surface area contributed by atoms with Crippen molar-refractivity contribution in [2.75, 3.05) is 14.2 Å². The smallest absolute Gasteiger partial charge is 0.161 e. The first-order valence-corrected chi connectivity index (χ1v) is 8.88. The van der Waals surface area contributed by atoms with E-state index < -0.39 is 0 Å². The van der Waals surface area contributed by atoms with Crippen LogP contribution in [0.25, 0.3) is 0 Å². The van der Waals surface area contributed by atoms with Gasteiger partial charge in [-0.1, -0.05) is 25.0 Å². The average molecular weight is 342 g/mol. The number of hydrogen-bond donors (Lipinski definition) is 0. The molecule has 3 atom stereocenters. The molecule has 0 saturated heterocycles. The minimum Gasteiger partial charge on any atom is -0.493 e. The van der Waals surface area contributed by atoms with Crippen molar-refractivity contribution in [1.29, 1.82) is 0 Å². The molecule has 1 heterocycles. The fraction of sp³-hybridized carbons (Fsp3) is 0.429. The summed E-state index contributed by atoms with van der Waals surface area (Å²) in [6.45, 7) is 0. The molecule has 0 aromatic heterocycles. The third-order valence-electron chi connectivity index (χ3n) is 5.46. The van der Waals surface area contributed by atoms with Gasteiger partial charge in [-0.3, -0.25) is 0 Å². The summed E-state index contributed by atoms with van der Waals surface area (Å²) in [6, 6.07) is 10.7. The second kappa shape index (κ2) is 6.68. The molecule has 1 fully saturated rings. The van der Waals surface area contributed by atoms with Crippen LogP contribution in [0.2, 0.25) is 0 Å². The Morgan fingerprint density at radius 1 is 0.920 bits per heavy atom.